The Bertz CT molecular complexity index is 420. The van der Waals surface area contributed by atoms with Crippen LogP contribution in [0.1, 0.15) is 59.8 Å². The van der Waals surface area contributed by atoms with Gasteiger partial charge in [-0.25, -0.2) is 4.79 Å². The van der Waals surface area contributed by atoms with Crippen LogP contribution in [-0.4, -0.2) is 48.6 Å². The van der Waals surface area contributed by atoms with Gasteiger partial charge in [0, 0.05) is 13.1 Å². The van der Waals surface area contributed by atoms with Gasteiger partial charge in [-0.3, -0.25) is 9.89 Å². The van der Waals surface area contributed by atoms with Gasteiger partial charge in [0.2, 0.25) is 0 Å². The smallest absolute Gasteiger partial charge is 0.410 e. The lowest BCUT2D eigenvalue weighted by Gasteiger charge is -2.31. The van der Waals surface area contributed by atoms with Crippen LogP contribution in [0.15, 0.2) is 4.99 Å². The second kappa shape index (κ2) is 8.02. The molecule has 132 valence electrons. The number of ether oxygens (including phenoxy) is 1. The highest BCUT2D eigenvalue weighted by Crippen LogP contribution is 2.30. The first kappa shape index (κ1) is 18.1. The molecule has 1 heterocycles. The zero-order valence-electron chi connectivity index (χ0n) is 15.2. The first-order valence-corrected chi connectivity index (χ1v) is 9.12. The van der Waals surface area contributed by atoms with Crippen LogP contribution in [0.25, 0.3) is 0 Å². The quantitative estimate of drug-likeness (QED) is 0.865. The second-order valence-corrected chi connectivity index (χ2v) is 7.91. The van der Waals surface area contributed by atoms with E-state index in [9.17, 15) is 4.79 Å². The Morgan fingerprint density at radius 3 is 2.52 bits per heavy atom. The lowest BCUT2D eigenvalue weighted by atomic mass is 9.81. The third-order valence-corrected chi connectivity index (χ3v) is 4.80. The van der Waals surface area contributed by atoms with E-state index in [0.29, 0.717) is 19.6 Å². The standard InChI is InChI=1S/C18H33N3O2/c1-5-14-6-8-15(9-7-14)12-20-16-13-21(11-10-19-16)17(22)23-18(2,3)4/h14-15H,5-13H2,1-4H3,(H,19,20). The molecule has 0 aromatic carbocycles. The number of amides is 1. The van der Waals surface area contributed by atoms with Gasteiger partial charge in [0.05, 0.1) is 13.1 Å². The molecule has 1 saturated carbocycles. The number of hydrogen-bond donors (Lipinski definition) is 1. The molecule has 0 spiro atoms. The average Bonchev–Trinajstić information content (AvgIpc) is 2.52. The van der Waals surface area contributed by atoms with E-state index in [1.165, 1.54) is 32.1 Å². The van der Waals surface area contributed by atoms with Gasteiger partial charge in [-0.1, -0.05) is 26.2 Å². The third kappa shape index (κ3) is 6.04. The molecule has 1 fully saturated rings. The van der Waals surface area contributed by atoms with E-state index in [0.717, 1.165) is 24.2 Å². The van der Waals surface area contributed by atoms with Gasteiger partial charge in [0.25, 0.3) is 0 Å². The van der Waals surface area contributed by atoms with E-state index < -0.39 is 5.60 Å². The van der Waals surface area contributed by atoms with Gasteiger partial charge in [-0.15, -0.1) is 0 Å². The van der Waals surface area contributed by atoms with Crippen molar-refractivity contribution in [1.82, 2.24) is 10.2 Å². The fraction of sp³-hybridized carbons (Fsp3) is 0.889. The van der Waals surface area contributed by atoms with Crippen LogP contribution < -0.4 is 5.32 Å². The summed E-state index contributed by atoms with van der Waals surface area (Å²) in [6, 6.07) is 0. The first-order chi connectivity index (χ1) is 10.9. The van der Waals surface area contributed by atoms with Crippen molar-refractivity contribution in [2.45, 2.75) is 65.4 Å². The van der Waals surface area contributed by atoms with Gasteiger partial charge in [0.1, 0.15) is 11.4 Å². The van der Waals surface area contributed by atoms with Crippen molar-refractivity contribution >= 4 is 11.9 Å². The predicted octanol–water partition coefficient (Wildman–Crippen LogP) is 3.44. The van der Waals surface area contributed by atoms with Crippen molar-refractivity contribution in [2.24, 2.45) is 16.8 Å². The van der Waals surface area contributed by atoms with Crippen LogP contribution in [0.2, 0.25) is 0 Å². The number of carbonyl (C=O) groups excluding carboxylic acids is 1. The van der Waals surface area contributed by atoms with Crippen molar-refractivity contribution in [1.29, 1.82) is 0 Å². The van der Waals surface area contributed by atoms with Crippen molar-refractivity contribution in [3.8, 4) is 0 Å². The second-order valence-electron chi connectivity index (χ2n) is 7.91. The molecule has 1 aliphatic carbocycles. The van der Waals surface area contributed by atoms with Crippen LogP contribution in [0, 0.1) is 11.8 Å². The summed E-state index contributed by atoms with van der Waals surface area (Å²) in [5.41, 5.74) is -0.447. The number of carbonyl (C=O) groups is 1. The lowest BCUT2D eigenvalue weighted by Crippen LogP contribution is -2.48. The molecule has 0 aromatic rings. The maximum Gasteiger partial charge on any atom is 0.410 e. The molecule has 23 heavy (non-hydrogen) atoms. The topological polar surface area (TPSA) is 53.9 Å². The predicted molar refractivity (Wildman–Crippen MR) is 93.9 cm³/mol. The molecule has 5 heteroatoms. The molecule has 0 bridgehead atoms. The summed E-state index contributed by atoms with van der Waals surface area (Å²) < 4.78 is 5.45. The van der Waals surface area contributed by atoms with Crippen LogP contribution in [0.3, 0.4) is 0 Å². The van der Waals surface area contributed by atoms with Gasteiger partial charge in [-0.2, -0.15) is 0 Å². The zero-order chi connectivity index (χ0) is 16.9. The molecular formula is C18H33N3O2. The van der Waals surface area contributed by atoms with Crippen LogP contribution >= 0.6 is 0 Å². The number of nitrogens with zero attached hydrogens (tertiary/aromatic N) is 2. The van der Waals surface area contributed by atoms with E-state index in [4.69, 9.17) is 4.74 Å². The molecule has 5 nitrogen and oxygen atoms in total. The van der Waals surface area contributed by atoms with Crippen LogP contribution in [-0.2, 0) is 4.74 Å². The number of nitrogens with one attached hydrogen (secondary N) is 1. The van der Waals surface area contributed by atoms with E-state index in [-0.39, 0.29) is 6.09 Å². The highest BCUT2D eigenvalue weighted by Gasteiger charge is 2.26. The Hall–Kier alpha value is -1.26. The van der Waals surface area contributed by atoms with E-state index >= 15 is 0 Å². The first-order valence-electron chi connectivity index (χ1n) is 9.12. The Morgan fingerprint density at radius 2 is 1.91 bits per heavy atom. The highest BCUT2D eigenvalue weighted by molar-refractivity contribution is 5.87. The molecule has 1 amide bonds. The van der Waals surface area contributed by atoms with Crippen LogP contribution in [0.5, 0.6) is 0 Å². The summed E-state index contributed by atoms with van der Waals surface area (Å²) in [5, 5.41) is 3.47. The summed E-state index contributed by atoms with van der Waals surface area (Å²) in [6.07, 6.45) is 6.43. The monoisotopic (exact) mass is 323 g/mol. The van der Waals surface area contributed by atoms with E-state index in [1.54, 1.807) is 4.90 Å². The molecule has 2 aliphatic rings. The normalized spacial score (nSPS) is 25.7. The van der Waals surface area contributed by atoms with Gasteiger partial charge in [0.15, 0.2) is 0 Å². The fourth-order valence-electron chi connectivity index (χ4n) is 3.32. The van der Waals surface area contributed by atoms with E-state index in [2.05, 4.69) is 17.2 Å². The van der Waals surface area contributed by atoms with Gasteiger partial charge in [-0.05, 0) is 45.4 Å². The minimum absolute atomic E-state index is 0.241. The Balaban J connectivity index is 1.74. The summed E-state index contributed by atoms with van der Waals surface area (Å²) >= 11 is 0. The summed E-state index contributed by atoms with van der Waals surface area (Å²) in [5.74, 6) is 2.61. The molecule has 0 saturated heterocycles. The average molecular weight is 323 g/mol. The Labute approximate surface area is 140 Å². The van der Waals surface area contributed by atoms with Crippen LogP contribution in [0.4, 0.5) is 4.79 Å². The third-order valence-electron chi connectivity index (χ3n) is 4.80. The van der Waals surface area contributed by atoms with Crippen molar-refractivity contribution in [3.63, 3.8) is 0 Å². The van der Waals surface area contributed by atoms with Crippen molar-refractivity contribution in [2.75, 3.05) is 26.2 Å². The Kier molecular flexibility index (Phi) is 6.31. The number of hydrogen-bond acceptors (Lipinski definition) is 4. The molecule has 0 atom stereocenters. The largest absolute Gasteiger partial charge is 0.444 e. The summed E-state index contributed by atoms with van der Waals surface area (Å²) in [6.45, 7) is 10.8. The Morgan fingerprint density at radius 1 is 1.26 bits per heavy atom. The maximum absolute atomic E-state index is 12.2. The van der Waals surface area contributed by atoms with Gasteiger partial charge < -0.3 is 10.1 Å². The fourth-order valence-corrected chi connectivity index (χ4v) is 3.32. The highest BCUT2D eigenvalue weighted by atomic mass is 16.6. The number of rotatable bonds is 3. The molecular weight excluding hydrogens is 290 g/mol. The number of amidine groups is 1. The molecule has 1 aliphatic heterocycles. The molecule has 0 unspecified atom stereocenters. The summed E-state index contributed by atoms with van der Waals surface area (Å²) in [4.78, 5) is 18.4. The molecule has 2 rings (SSSR count). The number of aliphatic imine (C=N–C) groups is 1. The minimum Gasteiger partial charge on any atom is -0.444 e. The molecule has 0 aromatic heterocycles. The molecule has 0 radical (unpaired) electrons. The molecule has 1 N–H and O–H groups in total. The van der Waals surface area contributed by atoms with Crippen molar-refractivity contribution < 1.29 is 9.53 Å². The van der Waals surface area contributed by atoms with E-state index in [1.807, 2.05) is 20.8 Å². The minimum atomic E-state index is -0.447. The SMILES string of the molecule is CCC1CCC(CNC2=NCCN(C(=O)OC(C)(C)C)C2)CC1. The van der Waals surface area contributed by atoms with Gasteiger partial charge >= 0.3 is 6.09 Å². The zero-order valence-corrected chi connectivity index (χ0v) is 15.2. The summed E-state index contributed by atoms with van der Waals surface area (Å²) in [7, 11) is 0. The van der Waals surface area contributed by atoms with Crippen molar-refractivity contribution in [3.05, 3.63) is 0 Å². The maximum atomic E-state index is 12.2. The lowest BCUT2D eigenvalue weighted by molar-refractivity contribution is 0.0276.